The molecule has 0 amide bonds. The van der Waals surface area contributed by atoms with E-state index in [1.54, 1.807) is 0 Å². The standard InChI is InChI=1S/C15H18N2/c1-15(8-9-15)14(17-16)13-7-6-11-4-2-3-5-12(11)10-13/h2-7,10,14,17H,8-9,16H2,1H3. The minimum Gasteiger partial charge on any atom is -0.271 e. The van der Waals surface area contributed by atoms with Crippen LogP contribution in [0.25, 0.3) is 10.8 Å². The van der Waals surface area contributed by atoms with Crippen LogP contribution in [0.5, 0.6) is 0 Å². The molecule has 0 aliphatic heterocycles. The van der Waals surface area contributed by atoms with Gasteiger partial charge in [-0.2, -0.15) is 0 Å². The van der Waals surface area contributed by atoms with Crippen molar-refractivity contribution in [2.45, 2.75) is 25.8 Å². The summed E-state index contributed by atoms with van der Waals surface area (Å²) in [6.07, 6.45) is 2.52. The van der Waals surface area contributed by atoms with Gasteiger partial charge in [-0.25, -0.2) is 0 Å². The lowest BCUT2D eigenvalue weighted by Gasteiger charge is -2.23. The second-order valence-corrected chi connectivity index (χ2v) is 5.36. The Morgan fingerprint density at radius 2 is 1.82 bits per heavy atom. The molecule has 0 heterocycles. The van der Waals surface area contributed by atoms with Crippen molar-refractivity contribution < 1.29 is 0 Å². The Hall–Kier alpha value is -1.38. The Bertz CT molecular complexity index is 543. The zero-order valence-corrected chi connectivity index (χ0v) is 10.1. The zero-order valence-electron chi connectivity index (χ0n) is 10.1. The van der Waals surface area contributed by atoms with Crippen LogP contribution < -0.4 is 11.3 Å². The van der Waals surface area contributed by atoms with E-state index in [1.807, 2.05) is 0 Å². The topological polar surface area (TPSA) is 38.0 Å². The summed E-state index contributed by atoms with van der Waals surface area (Å²) in [5.74, 6) is 5.73. The summed E-state index contributed by atoms with van der Waals surface area (Å²) in [5, 5.41) is 2.57. The monoisotopic (exact) mass is 226 g/mol. The van der Waals surface area contributed by atoms with Crippen LogP contribution in [0, 0.1) is 5.41 Å². The second-order valence-electron chi connectivity index (χ2n) is 5.36. The number of rotatable bonds is 3. The van der Waals surface area contributed by atoms with Crippen LogP contribution in [0.15, 0.2) is 42.5 Å². The van der Waals surface area contributed by atoms with Gasteiger partial charge in [0.15, 0.2) is 0 Å². The van der Waals surface area contributed by atoms with Crippen LogP contribution in [-0.4, -0.2) is 0 Å². The van der Waals surface area contributed by atoms with Gasteiger partial charge >= 0.3 is 0 Å². The van der Waals surface area contributed by atoms with Crippen LogP contribution >= 0.6 is 0 Å². The van der Waals surface area contributed by atoms with E-state index in [0.29, 0.717) is 5.41 Å². The normalized spacial score (nSPS) is 19.2. The van der Waals surface area contributed by atoms with Gasteiger partial charge < -0.3 is 0 Å². The van der Waals surface area contributed by atoms with Crippen molar-refractivity contribution in [2.24, 2.45) is 11.3 Å². The summed E-state index contributed by atoms with van der Waals surface area (Å²) in [6.45, 7) is 2.30. The maximum atomic E-state index is 5.73. The van der Waals surface area contributed by atoms with Gasteiger partial charge in [-0.1, -0.05) is 43.3 Å². The van der Waals surface area contributed by atoms with E-state index < -0.39 is 0 Å². The molecule has 0 radical (unpaired) electrons. The van der Waals surface area contributed by atoms with Crippen LogP contribution in [-0.2, 0) is 0 Å². The molecule has 17 heavy (non-hydrogen) atoms. The molecule has 2 heteroatoms. The van der Waals surface area contributed by atoms with Crippen LogP contribution in [0.4, 0.5) is 0 Å². The minimum absolute atomic E-state index is 0.270. The van der Waals surface area contributed by atoms with E-state index in [9.17, 15) is 0 Å². The number of nitrogens with one attached hydrogen (secondary N) is 1. The lowest BCUT2D eigenvalue weighted by Crippen LogP contribution is -2.33. The molecule has 0 aromatic heterocycles. The molecule has 0 bridgehead atoms. The van der Waals surface area contributed by atoms with Crippen molar-refractivity contribution in [1.82, 2.24) is 5.43 Å². The second kappa shape index (κ2) is 3.83. The molecule has 2 nitrogen and oxygen atoms in total. The third-order valence-corrected chi connectivity index (χ3v) is 4.01. The van der Waals surface area contributed by atoms with Gasteiger partial charge in [0.05, 0.1) is 6.04 Å². The average molecular weight is 226 g/mol. The number of fused-ring (bicyclic) bond motifs is 1. The molecule has 2 aromatic rings. The quantitative estimate of drug-likeness (QED) is 0.623. The maximum Gasteiger partial charge on any atom is 0.0513 e. The molecule has 3 rings (SSSR count). The van der Waals surface area contributed by atoms with Gasteiger partial charge in [0, 0.05) is 0 Å². The SMILES string of the molecule is CC1(C(NN)c2ccc3ccccc3c2)CC1. The Morgan fingerprint density at radius 3 is 2.47 bits per heavy atom. The Kier molecular flexibility index (Phi) is 2.42. The highest BCUT2D eigenvalue weighted by Crippen LogP contribution is 2.54. The van der Waals surface area contributed by atoms with Crippen LogP contribution in [0.1, 0.15) is 31.4 Å². The lowest BCUT2D eigenvalue weighted by atomic mass is 9.91. The summed E-state index contributed by atoms with van der Waals surface area (Å²) in [4.78, 5) is 0. The predicted octanol–water partition coefficient (Wildman–Crippen LogP) is 3.14. The molecule has 1 aliphatic carbocycles. The van der Waals surface area contributed by atoms with Crippen molar-refractivity contribution in [2.75, 3.05) is 0 Å². The first-order valence-corrected chi connectivity index (χ1v) is 6.18. The third-order valence-electron chi connectivity index (χ3n) is 4.01. The molecule has 3 N–H and O–H groups in total. The molecule has 2 aromatic carbocycles. The maximum absolute atomic E-state index is 5.73. The molecule has 0 spiro atoms. The minimum atomic E-state index is 0.270. The first kappa shape index (κ1) is 10.8. The van der Waals surface area contributed by atoms with Crippen molar-refractivity contribution >= 4 is 10.8 Å². The summed E-state index contributed by atoms with van der Waals surface area (Å²) >= 11 is 0. The number of hydrogen-bond acceptors (Lipinski definition) is 2. The fraction of sp³-hybridized carbons (Fsp3) is 0.333. The first-order valence-electron chi connectivity index (χ1n) is 6.18. The van der Waals surface area contributed by atoms with E-state index in [1.165, 1.54) is 29.2 Å². The van der Waals surface area contributed by atoms with Crippen molar-refractivity contribution in [3.05, 3.63) is 48.0 Å². The molecule has 88 valence electrons. The molecule has 1 atom stereocenters. The zero-order chi connectivity index (χ0) is 11.9. The summed E-state index contributed by atoms with van der Waals surface area (Å²) in [6, 6.07) is 15.3. The van der Waals surface area contributed by atoms with Gasteiger partial charge in [-0.05, 0) is 40.7 Å². The highest BCUT2D eigenvalue weighted by atomic mass is 15.2. The van der Waals surface area contributed by atoms with Crippen LogP contribution in [0.2, 0.25) is 0 Å². The van der Waals surface area contributed by atoms with Crippen LogP contribution in [0.3, 0.4) is 0 Å². The van der Waals surface area contributed by atoms with Gasteiger partial charge in [-0.15, -0.1) is 0 Å². The number of hydrogen-bond donors (Lipinski definition) is 2. The van der Waals surface area contributed by atoms with Crippen molar-refractivity contribution in [3.8, 4) is 0 Å². The average Bonchev–Trinajstić information content (AvgIpc) is 3.09. The lowest BCUT2D eigenvalue weighted by molar-refractivity contribution is 0.372. The Balaban J connectivity index is 2.04. The van der Waals surface area contributed by atoms with E-state index >= 15 is 0 Å². The summed E-state index contributed by atoms with van der Waals surface area (Å²) in [5.41, 5.74) is 4.63. The molecular formula is C15H18N2. The third kappa shape index (κ3) is 1.84. The van der Waals surface area contributed by atoms with E-state index in [-0.39, 0.29) is 6.04 Å². The van der Waals surface area contributed by atoms with Gasteiger partial charge in [0.2, 0.25) is 0 Å². The number of nitrogens with two attached hydrogens (primary N) is 1. The predicted molar refractivity (Wildman–Crippen MR) is 71.4 cm³/mol. The first-order chi connectivity index (χ1) is 8.23. The number of hydrazine groups is 1. The smallest absolute Gasteiger partial charge is 0.0513 e. The van der Waals surface area contributed by atoms with E-state index in [0.717, 1.165) is 0 Å². The molecule has 1 fully saturated rings. The summed E-state index contributed by atoms with van der Waals surface area (Å²) in [7, 11) is 0. The van der Waals surface area contributed by atoms with Gasteiger partial charge in [0.1, 0.15) is 0 Å². The molecule has 1 saturated carbocycles. The van der Waals surface area contributed by atoms with Gasteiger partial charge in [-0.3, -0.25) is 11.3 Å². The molecular weight excluding hydrogens is 208 g/mol. The largest absolute Gasteiger partial charge is 0.271 e. The van der Waals surface area contributed by atoms with E-state index in [2.05, 4.69) is 54.8 Å². The highest BCUT2D eigenvalue weighted by Gasteiger charge is 2.45. The Labute approximate surface area is 102 Å². The Morgan fingerprint density at radius 1 is 1.12 bits per heavy atom. The molecule has 0 saturated heterocycles. The van der Waals surface area contributed by atoms with E-state index in [4.69, 9.17) is 5.84 Å². The summed E-state index contributed by atoms with van der Waals surface area (Å²) < 4.78 is 0. The van der Waals surface area contributed by atoms with Gasteiger partial charge in [0.25, 0.3) is 0 Å². The highest BCUT2D eigenvalue weighted by molar-refractivity contribution is 5.83. The fourth-order valence-corrected chi connectivity index (χ4v) is 2.57. The van der Waals surface area contributed by atoms with Crippen molar-refractivity contribution in [3.63, 3.8) is 0 Å². The molecule has 1 unspecified atom stereocenters. The number of benzene rings is 2. The molecule has 1 aliphatic rings. The fourth-order valence-electron chi connectivity index (χ4n) is 2.57. The van der Waals surface area contributed by atoms with Crippen molar-refractivity contribution in [1.29, 1.82) is 0 Å².